The molecule has 8 heteroatoms. The molecular formula is C22H15N5O2S. The molecule has 146 valence electrons. The first-order chi connectivity index (χ1) is 14.8. The number of pyridine rings is 1. The second-order valence-electron chi connectivity index (χ2n) is 6.35. The number of nitrogens with zero attached hydrogens (tertiary/aromatic N) is 4. The molecule has 0 aliphatic carbocycles. The zero-order valence-corrected chi connectivity index (χ0v) is 16.4. The van der Waals surface area contributed by atoms with E-state index in [0.29, 0.717) is 28.0 Å². The summed E-state index contributed by atoms with van der Waals surface area (Å²) in [7, 11) is 0. The molecular weight excluding hydrogens is 398 g/mol. The van der Waals surface area contributed by atoms with Crippen LogP contribution in [0, 0.1) is 0 Å². The fourth-order valence-electron chi connectivity index (χ4n) is 2.98. The van der Waals surface area contributed by atoms with Crippen LogP contribution >= 0.6 is 11.3 Å². The van der Waals surface area contributed by atoms with Crippen LogP contribution in [0.4, 0.5) is 5.13 Å². The lowest BCUT2D eigenvalue weighted by atomic mass is 10.2. The molecule has 5 aromatic rings. The van der Waals surface area contributed by atoms with Gasteiger partial charge in [-0.05, 0) is 36.4 Å². The Balaban J connectivity index is 1.47. The summed E-state index contributed by atoms with van der Waals surface area (Å²) >= 11 is 1.34. The maximum atomic E-state index is 13.1. The lowest BCUT2D eigenvalue weighted by Crippen LogP contribution is -2.16. The summed E-state index contributed by atoms with van der Waals surface area (Å²) in [5.74, 6) is 0.275. The van der Waals surface area contributed by atoms with E-state index in [-0.39, 0.29) is 5.91 Å². The van der Waals surface area contributed by atoms with Gasteiger partial charge >= 0.3 is 0 Å². The van der Waals surface area contributed by atoms with Crippen LogP contribution in [-0.4, -0.2) is 25.7 Å². The third-order valence-corrected chi connectivity index (χ3v) is 5.13. The van der Waals surface area contributed by atoms with Crippen molar-refractivity contribution in [3.63, 3.8) is 0 Å². The molecule has 0 saturated carbocycles. The molecule has 30 heavy (non-hydrogen) atoms. The van der Waals surface area contributed by atoms with Gasteiger partial charge in [-0.15, -0.1) is 11.3 Å². The first-order valence-electron chi connectivity index (χ1n) is 9.15. The van der Waals surface area contributed by atoms with Crippen LogP contribution in [0.5, 0.6) is 0 Å². The van der Waals surface area contributed by atoms with Crippen LogP contribution in [0.3, 0.4) is 0 Å². The predicted molar refractivity (Wildman–Crippen MR) is 115 cm³/mol. The molecule has 0 spiro atoms. The molecule has 0 bridgehead atoms. The van der Waals surface area contributed by atoms with Crippen molar-refractivity contribution in [1.29, 1.82) is 0 Å². The third-order valence-electron chi connectivity index (χ3n) is 4.37. The number of hydrogen-bond donors (Lipinski definition) is 1. The van der Waals surface area contributed by atoms with E-state index in [1.807, 2.05) is 53.9 Å². The molecule has 0 saturated heterocycles. The fourth-order valence-corrected chi connectivity index (χ4v) is 3.68. The molecule has 5 rings (SSSR count). The van der Waals surface area contributed by atoms with Crippen molar-refractivity contribution < 1.29 is 9.21 Å². The summed E-state index contributed by atoms with van der Waals surface area (Å²) in [6.45, 7) is 0. The molecule has 0 radical (unpaired) electrons. The van der Waals surface area contributed by atoms with E-state index in [4.69, 9.17) is 4.42 Å². The summed E-state index contributed by atoms with van der Waals surface area (Å²) < 4.78 is 7.05. The Bertz CT molecular complexity index is 1280. The van der Waals surface area contributed by atoms with Gasteiger partial charge in [0.1, 0.15) is 17.1 Å². The number of carbonyl (C=O) groups is 1. The molecule has 0 aliphatic heterocycles. The van der Waals surface area contributed by atoms with Gasteiger partial charge in [-0.25, -0.2) is 9.67 Å². The number of rotatable bonds is 5. The molecule has 1 N–H and O–H groups in total. The van der Waals surface area contributed by atoms with Crippen molar-refractivity contribution in [2.75, 3.05) is 5.32 Å². The second-order valence-corrected chi connectivity index (χ2v) is 7.20. The Kier molecular flexibility index (Phi) is 4.66. The van der Waals surface area contributed by atoms with Gasteiger partial charge < -0.3 is 4.42 Å². The summed E-state index contributed by atoms with van der Waals surface area (Å²) in [5.41, 5.74) is 3.19. The minimum Gasteiger partial charge on any atom is -0.463 e. The molecule has 4 heterocycles. The highest BCUT2D eigenvalue weighted by atomic mass is 32.1. The first kappa shape index (κ1) is 18.0. The number of carbonyl (C=O) groups excluding carboxylic acids is 1. The van der Waals surface area contributed by atoms with Crippen molar-refractivity contribution >= 4 is 22.4 Å². The van der Waals surface area contributed by atoms with E-state index < -0.39 is 0 Å². The van der Waals surface area contributed by atoms with E-state index in [1.165, 1.54) is 11.3 Å². The van der Waals surface area contributed by atoms with Gasteiger partial charge in [0.15, 0.2) is 10.9 Å². The van der Waals surface area contributed by atoms with Crippen LogP contribution in [0.15, 0.2) is 89.0 Å². The van der Waals surface area contributed by atoms with Gasteiger partial charge in [0, 0.05) is 17.6 Å². The zero-order chi connectivity index (χ0) is 20.3. The Morgan fingerprint density at radius 1 is 0.967 bits per heavy atom. The van der Waals surface area contributed by atoms with Crippen molar-refractivity contribution in [1.82, 2.24) is 19.7 Å². The van der Waals surface area contributed by atoms with Crippen LogP contribution in [0.2, 0.25) is 0 Å². The maximum absolute atomic E-state index is 13.1. The van der Waals surface area contributed by atoms with E-state index in [9.17, 15) is 4.79 Å². The zero-order valence-electron chi connectivity index (χ0n) is 15.6. The molecule has 4 aromatic heterocycles. The molecule has 1 aromatic carbocycles. The van der Waals surface area contributed by atoms with E-state index in [2.05, 4.69) is 20.4 Å². The van der Waals surface area contributed by atoms with Gasteiger partial charge in [-0.3, -0.25) is 15.1 Å². The van der Waals surface area contributed by atoms with Crippen LogP contribution < -0.4 is 5.32 Å². The lowest BCUT2D eigenvalue weighted by molar-refractivity contribution is 0.101. The minimum absolute atomic E-state index is 0.314. The molecule has 0 atom stereocenters. The molecule has 7 nitrogen and oxygen atoms in total. The monoisotopic (exact) mass is 413 g/mol. The Labute approximate surface area is 175 Å². The topological polar surface area (TPSA) is 85.8 Å². The smallest absolute Gasteiger partial charge is 0.276 e. The molecule has 0 unspecified atom stereocenters. The van der Waals surface area contributed by atoms with E-state index >= 15 is 0 Å². The Morgan fingerprint density at radius 2 is 1.83 bits per heavy atom. The maximum Gasteiger partial charge on any atom is 0.276 e. The van der Waals surface area contributed by atoms with Crippen molar-refractivity contribution in [3.8, 4) is 28.5 Å². The summed E-state index contributed by atoms with van der Waals surface area (Å²) in [4.78, 5) is 21.9. The van der Waals surface area contributed by atoms with Crippen molar-refractivity contribution in [3.05, 3.63) is 90.3 Å². The SMILES string of the molecule is O=C(Nc1nc(-c2ccccn2)cs1)c1cc(-c2ccco2)nn1-c1ccccc1. The number of amides is 1. The average Bonchev–Trinajstić information content (AvgIpc) is 3.55. The number of hydrogen-bond acceptors (Lipinski definition) is 6. The second kappa shape index (κ2) is 7.76. The van der Waals surface area contributed by atoms with Crippen LogP contribution in [0.1, 0.15) is 10.5 Å². The number of furan rings is 1. The number of anilines is 1. The van der Waals surface area contributed by atoms with Gasteiger partial charge in [0.25, 0.3) is 5.91 Å². The van der Waals surface area contributed by atoms with Crippen LogP contribution in [-0.2, 0) is 0 Å². The highest BCUT2D eigenvalue weighted by Crippen LogP contribution is 2.26. The van der Waals surface area contributed by atoms with Gasteiger partial charge in [-0.1, -0.05) is 24.3 Å². The van der Waals surface area contributed by atoms with Gasteiger partial charge in [0.05, 0.1) is 17.6 Å². The minimum atomic E-state index is -0.314. The lowest BCUT2D eigenvalue weighted by Gasteiger charge is -2.06. The van der Waals surface area contributed by atoms with Crippen molar-refractivity contribution in [2.45, 2.75) is 0 Å². The summed E-state index contributed by atoms with van der Waals surface area (Å²) in [6.07, 6.45) is 3.28. The van der Waals surface area contributed by atoms with E-state index in [0.717, 1.165) is 11.4 Å². The first-order valence-corrected chi connectivity index (χ1v) is 10.0. The van der Waals surface area contributed by atoms with E-state index in [1.54, 1.807) is 35.3 Å². The highest BCUT2D eigenvalue weighted by molar-refractivity contribution is 7.14. The number of aromatic nitrogens is 4. The third kappa shape index (κ3) is 3.51. The number of nitrogens with one attached hydrogen (secondary N) is 1. The standard InChI is InChI=1S/C22H15N5O2S/c28-21(25-22-24-18(14-30-22)16-9-4-5-11-23-16)19-13-17(20-10-6-12-29-20)26-27(19)15-7-2-1-3-8-15/h1-14H,(H,24,25,28). The quantitative estimate of drug-likeness (QED) is 0.443. The summed E-state index contributed by atoms with van der Waals surface area (Å²) in [5, 5.41) is 9.79. The van der Waals surface area contributed by atoms with Crippen molar-refractivity contribution in [2.24, 2.45) is 0 Å². The number of benzene rings is 1. The highest BCUT2D eigenvalue weighted by Gasteiger charge is 2.20. The van der Waals surface area contributed by atoms with Gasteiger partial charge in [-0.2, -0.15) is 5.10 Å². The van der Waals surface area contributed by atoms with Gasteiger partial charge in [0.2, 0.25) is 0 Å². The fraction of sp³-hybridized carbons (Fsp3) is 0. The summed E-state index contributed by atoms with van der Waals surface area (Å²) in [6, 6.07) is 20.4. The molecule has 1 amide bonds. The Morgan fingerprint density at radius 3 is 2.60 bits per heavy atom. The number of thiazole rings is 1. The average molecular weight is 413 g/mol. The molecule has 0 fully saturated rings. The van der Waals surface area contributed by atoms with Crippen LogP contribution in [0.25, 0.3) is 28.5 Å². The largest absolute Gasteiger partial charge is 0.463 e. The predicted octanol–water partition coefficient (Wildman–Crippen LogP) is 4.90. The number of para-hydroxylation sites is 1. The molecule has 0 aliphatic rings. The Hall–Kier alpha value is -4.04. The normalized spacial score (nSPS) is 10.8.